The highest BCUT2D eigenvalue weighted by atomic mass is 16.5. The SMILES string of the molecule is CCOC(=O)C(C)(CCCC(NC)C(N)=O)NC1CC1. The fourth-order valence-electron chi connectivity index (χ4n) is 2.29. The highest BCUT2D eigenvalue weighted by Crippen LogP contribution is 2.26. The summed E-state index contributed by atoms with van der Waals surface area (Å²) in [5.74, 6) is -0.576. The van der Waals surface area contributed by atoms with Gasteiger partial charge in [0.25, 0.3) is 0 Å². The van der Waals surface area contributed by atoms with Gasteiger partial charge in [-0.05, 0) is 53.0 Å². The molecule has 2 unspecified atom stereocenters. The van der Waals surface area contributed by atoms with E-state index in [1.54, 1.807) is 14.0 Å². The lowest BCUT2D eigenvalue weighted by molar-refractivity contribution is -0.151. The maximum Gasteiger partial charge on any atom is 0.326 e. The number of likely N-dealkylation sites (N-methyl/N-ethyl adjacent to an activating group) is 1. The standard InChI is InChI=1S/C14H27N3O3/c1-4-20-13(19)14(2,17-10-7-8-10)9-5-6-11(16-3)12(15)18/h10-11,16-17H,4-9H2,1-3H3,(H2,15,18). The van der Waals surface area contributed by atoms with E-state index in [1.807, 2.05) is 6.92 Å². The molecule has 0 aromatic heterocycles. The van der Waals surface area contributed by atoms with Crippen LogP contribution in [0.25, 0.3) is 0 Å². The Balaban J connectivity index is 2.51. The van der Waals surface area contributed by atoms with Gasteiger partial charge in [0.1, 0.15) is 5.54 Å². The number of carbonyl (C=O) groups is 2. The summed E-state index contributed by atoms with van der Waals surface area (Å²) in [6.07, 6.45) is 4.19. The molecule has 6 nitrogen and oxygen atoms in total. The Morgan fingerprint density at radius 3 is 2.55 bits per heavy atom. The maximum atomic E-state index is 12.1. The first-order chi connectivity index (χ1) is 9.42. The zero-order valence-electron chi connectivity index (χ0n) is 12.7. The fourth-order valence-corrected chi connectivity index (χ4v) is 2.29. The Morgan fingerprint density at radius 1 is 1.45 bits per heavy atom. The van der Waals surface area contributed by atoms with Crippen LogP contribution in [0.4, 0.5) is 0 Å². The summed E-state index contributed by atoms with van der Waals surface area (Å²) in [5.41, 5.74) is 4.61. The minimum absolute atomic E-state index is 0.216. The van der Waals surface area contributed by atoms with Gasteiger partial charge in [0.15, 0.2) is 0 Å². The lowest BCUT2D eigenvalue weighted by Crippen LogP contribution is -2.51. The van der Waals surface area contributed by atoms with E-state index in [0.717, 1.165) is 19.3 Å². The second kappa shape index (κ2) is 7.59. The Kier molecular flexibility index (Phi) is 6.42. The number of rotatable bonds is 10. The average Bonchev–Trinajstić information content (AvgIpc) is 3.18. The van der Waals surface area contributed by atoms with Crippen molar-refractivity contribution >= 4 is 11.9 Å². The smallest absolute Gasteiger partial charge is 0.326 e. The molecule has 0 aliphatic heterocycles. The Morgan fingerprint density at radius 2 is 2.10 bits per heavy atom. The number of hydrogen-bond acceptors (Lipinski definition) is 5. The average molecular weight is 285 g/mol. The van der Waals surface area contributed by atoms with Gasteiger partial charge in [-0.15, -0.1) is 0 Å². The van der Waals surface area contributed by atoms with Crippen molar-refractivity contribution in [2.75, 3.05) is 13.7 Å². The van der Waals surface area contributed by atoms with Crippen LogP contribution in [0.3, 0.4) is 0 Å². The summed E-state index contributed by atoms with van der Waals surface area (Å²) in [5, 5.41) is 6.25. The predicted octanol–water partition coefficient (Wildman–Crippen LogP) is 0.304. The Labute approximate surface area is 120 Å². The maximum absolute atomic E-state index is 12.1. The second-order valence-electron chi connectivity index (χ2n) is 5.61. The minimum atomic E-state index is -0.673. The minimum Gasteiger partial charge on any atom is -0.465 e. The van der Waals surface area contributed by atoms with E-state index >= 15 is 0 Å². The van der Waals surface area contributed by atoms with Crippen LogP contribution < -0.4 is 16.4 Å². The van der Waals surface area contributed by atoms with Gasteiger partial charge in [-0.1, -0.05) is 0 Å². The lowest BCUT2D eigenvalue weighted by Gasteiger charge is -2.29. The van der Waals surface area contributed by atoms with Gasteiger partial charge < -0.3 is 15.8 Å². The monoisotopic (exact) mass is 285 g/mol. The van der Waals surface area contributed by atoms with Crippen molar-refractivity contribution < 1.29 is 14.3 Å². The first-order valence-corrected chi connectivity index (χ1v) is 7.34. The van der Waals surface area contributed by atoms with Gasteiger partial charge in [0, 0.05) is 6.04 Å². The van der Waals surface area contributed by atoms with E-state index in [4.69, 9.17) is 10.5 Å². The van der Waals surface area contributed by atoms with E-state index < -0.39 is 5.54 Å². The molecule has 0 heterocycles. The number of amides is 1. The molecule has 0 aromatic carbocycles. The molecule has 1 aliphatic rings. The highest BCUT2D eigenvalue weighted by Gasteiger charge is 2.39. The third-order valence-electron chi connectivity index (χ3n) is 3.69. The molecule has 1 fully saturated rings. The summed E-state index contributed by atoms with van der Waals surface area (Å²) in [7, 11) is 1.71. The van der Waals surface area contributed by atoms with Crippen molar-refractivity contribution in [3.05, 3.63) is 0 Å². The molecular formula is C14H27N3O3. The fraction of sp³-hybridized carbons (Fsp3) is 0.857. The molecule has 0 saturated heterocycles. The van der Waals surface area contributed by atoms with Gasteiger partial charge in [-0.2, -0.15) is 0 Å². The quantitative estimate of drug-likeness (QED) is 0.502. The van der Waals surface area contributed by atoms with E-state index in [9.17, 15) is 9.59 Å². The molecule has 4 N–H and O–H groups in total. The summed E-state index contributed by atoms with van der Waals surface area (Å²) < 4.78 is 5.16. The van der Waals surface area contributed by atoms with E-state index in [-0.39, 0.29) is 17.9 Å². The number of esters is 1. The number of primary amides is 1. The van der Waals surface area contributed by atoms with Crippen LogP contribution in [0.15, 0.2) is 0 Å². The van der Waals surface area contributed by atoms with E-state index in [1.165, 1.54) is 0 Å². The Bertz CT molecular complexity index is 345. The van der Waals surface area contributed by atoms with Crippen LogP contribution in [0, 0.1) is 0 Å². The van der Waals surface area contributed by atoms with Crippen LogP contribution in [0.1, 0.15) is 46.0 Å². The van der Waals surface area contributed by atoms with Gasteiger partial charge in [-0.25, -0.2) is 0 Å². The molecule has 1 saturated carbocycles. The third-order valence-corrected chi connectivity index (χ3v) is 3.69. The number of ether oxygens (including phenoxy) is 1. The third kappa shape index (κ3) is 5.09. The molecule has 1 aliphatic carbocycles. The number of hydrogen-bond donors (Lipinski definition) is 3. The summed E-state index contributed by atoms with van der Waals surface area (Å²) >= 11 is 0. The van der Waals surface area contributed by atoms with Gasteiger partial charge in [0.05, 0.1) is 12.6 Å². The van der Waals surface area contributed by atoms with Crippen LogP contribution in [0.2, 0.25) is 0 Å². The normalized spacial score (nSPS) is 19.1. The summed E-state index contributed by atoms with van der Waals surface area (Å²) in [6.45, 7) is 4.06. The van der Waals surface area contributed by atoms with Crippen LogP contribution in [-0.4, -0.2) is 43.2 Å². The van der Waals surface area contributed by atoms with Gasteiger partial charge in [-0.3, -0.25) is 14.9 Å². The van der Waals surface area contributed by atoms with E-state index in [2.05, 4.69) is 10.6 Å². The number of nitrogens with one attached hydrogen (secondary N) is 2. The lowest BCUT2D eigenvalue weighted by atomic mass is 9.93. The highest BCUT2D eigenvalue weighted by molar-refractivity contribution is 5.81. The predicted molar refractivity (Wildman–Crippen MR) is 77.1 cm³/mol. The van der Waals surface area contributed by atoms with Crippen molar-refractivity contribution in [2.45, 2.75) is 63.6 Å². The van der Waals surface area contributed by atoms with Crippen LogP contribution in [-0.2, 0) is 14.3 Å². The molecule has 0 radical (unpaired) electrons. The van der Waals surface area contributed by atoms with Crippen molar-refractivity contribution in [2.24, 2.45) is 5.73 Å². The number of nitrogens with two attached hydrogens (primary N) is 1. The van der Waals surface area contributed by atoms with Crippen molar-refractivity contribution in [1.82, 2.24) is 10.6 Å². The Hall–Kier alpha value is -1.14. The largest absolute Gasteiger partial charge is 0.465 e. The molecule has 1 rings (SSSR count). The topological polar surface area (TPSA) is 93.4 Å². The molecular weight excluding hydrogens is 258 g/mol. The number of carbonyl (C=O) groups excluding carboxylic acids is 2. The van der Waals surface area contributed by atoms with E-state index in [0.29, 0.717) is 25.5 Å². The summed E-state index contributed by atoms with van der Waals surface area (Å²) in [6, 6.07) is 0.0722. The molecule has 0 aromatic rings. The molecule has 20 heavy (non-hydrogen) atoms. The van der Waals surface area contributed by atoms with Crippen molar-refractivity contribution in [3.8, 4) is 0 Å². The van der Waals surface area contributed by atoms with Gasteiger partial charge in [0.2, 0.25) is 5.91 Å². The molecule has 0 bridgehead atoms. The van der Waals surface area contributed by atoms with Crippen molar-refractivity contribution in [1.29, 1.82) is 0 Å². The molecule has 0 spiro atoms. The summed E-state index contributed by atoms with van der Waals surface area (Å²) in [4.78, 5) is 23.3. The van der Waals surface area contributed by atoms with Crippen LogP contribution in [0.5, 0.6) is 0 Å². The first-order valence-electron chi connectivity index (χ1n) is 7.34. The molecule has 116 valence electrons. The molecule has 1 amide bonds. The zero-order valence-corrected chi connectivity index (χ0v) is 12.7. The molecule has 2 atom stereocenters. The first kappa shape index (κ1) is 16.9. The van der Waals surface area contributed by atoms with Gasteiger partial charge >= 0.3 is 5.97 Å². The second-order valence-corrected chi connectivity index (χ2v) is 5.61. The van der Waals surface area contributed by atoms with Crippen molar-refractivity contribution in [3.63, 3.8) is 0 Å². The van der Waals surface area contributed by atoms with Crippen LogP contribution >= 0.6 is 0 Å². The zero-order chi connectivity index (χ0) is 15.2. The molecule has 6 heteroatoms.